The van der Waals surface area contributed by atoms with Gasteiger partial charge in [-0.3, -0.25) is 9.78 Å². The zero-order valence-corrected chi connectivity index (χ0v) is 18.6. The molecule has 0 atom stereocenters. The van der Waals surface area contributed by atoms with Crippen LogP contribution < -0.4 is 10.6 Å². The molecule has 4 rings (SSSR count). The van der Waals surface area contributed by atoms with Crippen molar-refractivity contribution in [1.29, 1.82) is 0 Å². The summed E-state index contributed by atoms with van der Waals surface area (Å²) in [5, 5.41) is 7.87. The smallest absolute Gasteiger partial charge is 0.251 e. The standard InChI is InChI=1S/C27H32FN3O/c28-21-16-14-20(15-17-21)27(32)30-19-8-4-2-1-3-7-18-29-26-22-10-5-6-12-24(22)31-25-13-9-11-23(25)26/h5-6,10,12,14-17H,1-4,7-9,11,13,18-19H2,(H,29,31)(H,30,32). The number of aromatic nitrogens is 1. The Balaban J connectivity index is 1.10. The zero-order valence-electron chi connectivity index (χ0n) is 18.6. The van der Waals surface area contributed by atoms with Crippen molar-refractivity contribution in [1.82, 2.24) is 10.3 Å². The first-order chi connectivity index (χ1) is 15.7. The molecule has 0 spiro atoms. The van der Waals surface area contributed by atoms with E-state index in [4.69, 9.17) is 4.98 Å². The third-order valence-electron chi connectivity index (χ3n) is 6.22. The van der Waals surface area contributed by atoms with Crippen molar-refractivity contribution in [2.45, 2.75) is 57.8 Å². The highest BCUT2D eigenvalue weighted by molar-refractivity contribution is 5.94. The van der Waals surface area contributed by atoms with Crippen molar-refractivity contribution in [3.8, 4) is 0 Å². The molecule has 1 aromatic heterocycles. The molecule has 2 N–H and O–H groups in total. The van der Waals surface area contributed by atoms with E-state index in [2.05, 4.69) is 34.9 Å². The van der Waals surface area contributed by atoms with Crippen LogP contribution in [0.5, 0.6) is 0 Å². The van der Waals surface area contributed by atoms with E-state index in [0.717, 1.165) is 44.2 Å². The topological polar surface area (TPSA) is 54.0 Å². The molecule has 0 radical (unpaired) electrons. The summed E-state index contributed by atoms with van der Waals surface area (Å²) in [4.78, 5) is 16.8. The number of hydrogen-bond donors (Lipinski definition) is 2. The van der Waals surface area contributed by atoms with E-state index in [0.29, 0.717) is 12.1 Å². The molecule has 3 aromatic rings. The number of pyridine rings is 1. The van der Waals surface area contributed by atoms with Crippen LogP contribution >= 0.6 is 0 Å². The van der Waals surface area contributed by atoms with Gasteiger partial charge in [0, 0.05) is 35.4 Å². The molecule has 0 saturated heterocycles. The van der Waals surface area contributed by atoms with Crippen LogP contribution in [0.3, 0.4) is 0 Å². The molecule has 0 fully saturated rings. The Labute approximate surface area is 189 Å². The number of aryl methyl sites for hydroxylation is 1. The second-order valence-corrected chi connectivity index (χ2v) is 8.59. The number of unbranched alkanes of at least 4 members (excludes halogenated alkanes) is 5. The number of halogens is 1. The molecular weight excluding hydrogens is 401 g/mol. The van der Waals surface area contributed by atoms with Crippen LogP contribution in [0, 0.1) is 5.82 Å². The summed E-state index contributed by atoms with van der Waals surface area (Å²) in [6.45, 7) is 1.66. The molecule has 1 amide bonds. The van der Waals surface area contributed by atoms with Crippen LogP contribution in [0.15, 0.2) is 48.5 Å². The lowest BCUT2D eigenvalue weighted by molar-refractivity contribution is 0.0953. The molecule has 1 heterocycles. The number of rotatable bonds is 11. The van der Waals surface area contributed by atoms with Crippen molar-refractivity contribution in [3.05, 3.63) is 71.2 Å². The molecule has 2 aromatic carbocycles. The molecule has 4 nitrogen and oxygen atoms in total. The van der Waals surface area contributed by atoms with Crippen molar-refractivity contribution < 1.29 is 9.18 Å². The van der Waals surface area contributed by atoms with Gasteiger partial charge in [-0.1, -0.05) is 43.9 Å². The van der Waals surface area contributed by atoms with E-state index >= 15 is 0 Å². The Morgan fingerprint density at radius 2 is 1.59 bits per heavy atom. The van der Waals surface area contributed by atoms with Gasteiger partial charge in [0.1, 0.15) is 5.82 Å². The molecule has 168 valence electrons. The molecule has 0 saturated carbocycles. The highest BCUT2D eigenvalue weighted by Gasteiger charge is 2.19. The minimum Gasteiger partial charge on any atom is -0.384 e. The SMILES string of the molecule is O=C(NCCCCCCCCNc1c2c(nc3ccccc13)CCC2)c1ccc(F)cc1. The van der Waals surface area contributed by atoms with E-state index in [9.17, 15) is 9.18 Å². The van der Waals surface area contributed by atoms with E-state index in [1.807, 2.05) is 0 Å². The summed E-state index contributed by atoms with van der Waals surface area (Å²) in [6.07, 6.45) is 10.3. The Hall–Kier alpha value is -2.95. The minimum atomic E-state index is -0.324. The van der Waals surface area contributed by atoms with Gasteiger partial charge >= 0.3 is 0 Å². The van der Waals surface area contributed by atoms with Crippen molar-refractivity contribution in [3.63, 3.8) is 0 Å². The van der Waals surface area contributed by atoms with E-state index in [-0.39, 0.29) is 11.7 Å². The average Bonchev–Trinajstić information content (AvgIpc) is 3.28. The normalized spacial score (nSPS) is 12.7. The van der Waals surface area contributed by atoms with Gasteiger partial charge in [-0.15, -0.1) is 0 Å². The maximum absolute atomic E-state index is 12.9. The van der Waals surface area contributed by atoms with Crippen LogP contribution in [0.2, 0.25) is 0 Å². The second kappa shape index (κ2) is 11.1. The van der Waals surface area contributed by atoms with Crippen LogP contribution in [0.25, 0.3) is 10.9 Å². The average molecular weight is 434 g/mol. The highest BCUT2D eigenvalue weighted by atomic mass is 19.1. The van der Waals surface area contributed by atoms with E-state index < -0.39 is 0 Å². The quantitative estimate of drug-likeness (QED) is 0.362. The third kappa shape index (κ3) is 5.64. The molecule has 0 bridgehead atoms. The first kappa shape index (κ1) is 22.3. The molecule has 32 heavy (non-hydrogen) atoms. The summed E-state index contributed by atoms with van der Waals surface area (Å²) in [6, 6.07) is 14.1. The lowest BCUT2D eigenvalue weighted by atomic mass is 10.1. The highest BCUT2D eigenvalue weighted by Crippen LogP contribution is 2.33. The van der Waals surface area contributed by atoms with Crippen LogP contribution in [-0.2, 0) is 12.8 Å². The molecule has 0 unspecified atom stereocenters. The lowest BCUT2D eigenvalue weighted by Gasteiger charge is -2.14. The number of nitrogens with one attached hydrogen (secondary N) is 2. The number of carbonyl (C=O) groups is 1. The molecular formula is C27H32FN3O. The molecule has 5 heteroatoms. The fraction of sp³-hybridized carbons (Fsp3) is 0.407. The fourth-order valence-corrected chi connectivity index (χ4v) is 4.49. The molecule has 1 aliphatic carbocycles. The van der Waals surface area contributed by atoms with Gasteiger partial charge in [-0.2, -0.15) is 0 Å². The summed E-state index contributed by atoms with van der Waals surface area (Å²) in [5.41, 5.74) is 5.61. The number of para-hydroxylation sites is 1. The molecule has 1 aliphatic rings. The summed E-state index contributed by atoms with van der Waals surface area (Å²) < 4.78 is 12.9. The first-order valence-electron chi connectivity index (χ1n) is 11.9. The van der Waals surface area contributed by atoms with Gasteiger partial charge in [-0.25, -0.2) is 4.39 Å². The number of anilines is 1. The predicted molar refractivity (Wildman–Crippen MR) is 129 cm³/mol. The monoisotopic (exact) mass is 433 g/mol. The predicted octanol–water partition coefficient (Wildman–Crippen LogP) is 6.05. The maximum atomic E-state index is 12.9. The summed E-state index contributed by atoms with van der Waals surface area (Å²) >= 11 is 0. The van der Waals surface area contributed by atoms with Crippen molar-refractivity contribution in [2.24, 2.45) is 0 Å². The van der Waals surface area contributed by atoms with Gasteiger partial charge in [0.05, 0.1) is 5.52 Å². The fourth-order valence-electron chi connectivity index (χ4n) is 4.49. The van der Waals surface area contributed by atoms with Gasteiger partial charge in [0.25, 0.3) is 5.91 Å². The van der Waals surface area contributed by atoms with Crippen molar-refractivity contribution >= 4 is 22.5 Å². The Bertz CT molecular complexity index is 1050. The number of fused-ring (bicyclic) bond motifs is 2. The molecule has 0 aliphatic heterocycles. The second-order valence-electron chi connectivity index (χ2n) is 8.59. The van der Waals surface area contributed by atoms with Crippen LogP contribution in [0.1, 0.15) is 66.6 Å². The van der Waals surface area contributed by atoms with Crippen molar-refractivity contribution in [2.75, 3.05) is 18.4 Å². The Kier molecular flexibility index (Phi) is 7.70. The van der Waals surface area contributed by atoms with Gasteiger partial charge in [0.2, 0.25) is 0 Å². The third-order valence-corrected chi connectivity index (χ3v) is 6.22. The number of benzene rings is 2. The van der Waals surface area contributed by atoms with E-state index in [1.54, 1.807) is 0 Å². The zero-order chi connectivity index (χ0) is 22.2. The Morgan fingerprint density at radius 1 is 0.875 bits per heavy atom. The Morgan fingerprint density at radius 3 is 2.41 bits per heavy atom. The largest absolute Gasteiger partial charge is 0.384 e. The number of amides is 1. The number of nitrogens with zero attached hydrogens (tertiary/aromatic N) is 1. The van der Waals surface area contributed by atoms with Gasteiger partial charge in [-0.05, 0) is 68.0 Å². The number of carbonyl (C=O) groups excluding carboxylic acids is 1. The van der Waals surface area contributed by atoms with Crippen LogP contribution in [0.4, 0.5) is 10.1 Å². The maximum Gasteiger partial charge on any atom is 0.251 e. The van der Waals surface area contributed by atoms with E-state index in [1.165, 1.54) is 72.3 Å². The lowest BCUT2D eigenvalue weighted by Crippen LogP contribution is -2.24. The van der Waals surface area contributed by atoms with Crippen LogP contribution in [-0.4, -0.2) is 24.0 Å². The first-order valence-corrected chi connectivity index (χ1v) is 11.9. The van der Waals surface area contributed by atoms with Gasteiger partial charge < -0.3 is 10.6 Å². The van der Waals surface area contributed by atoms with Gasteiger partial charge in [0.15, 0.2) is 0 Å². The summed E-state index contributed by atoms with van der Waals surface area (Å²) in [5.74, 6) is -0.457. The number of hydrogen-bond acceptors (Lipinski definition) is 3. The minimum absolute atomic E-state index is 0.133. The summed E-state index contributed by atoms with van der Waals surface area (Å²) in [7, 11) is 0.